The van der Waals surface area contributed by atoms with Gasteiger partial charge < -0.3 is 19.4 Å². The summed E-state index contributed by atoms with van der Waals surface area (Å²) in [6, 6.07) is 16.9. The Balaban J connectivity index is 1.49. The van der Waals surface area contributed by atoms with Gasteiger partial charge in [-0.2, -0.15) is 5.10 Å². The first-order valence-electron chi connectivity index (χ1n) is 10.4. The first-order chi connectivity index (χ1) is 15.6. The van der Waals surface area contributed by atoms with Crippen LogP contribution in [0, 0.1) is 6.92 Å². The van der Waals surface area contributed by atoms with E-state index in [-0.39, 0.29) is 17.6 Å². The number of benzene rings is 2. The topological polar surface area (TPSA) is 89.6 Å². The number of fused-ring (bicyclic) bond motifs is 1. The third kappa shape index (κ3) is 3.54. The number of para-hydroxylation sites is 2. The molecule has 1 N–H and O–H groups in total. The summed E-state index contributed by atoms with van der Waals surface area (Å²) in [5.41, 5.74) is 2.89. The number of ether oxygens (including phenoxy) is 1. The second kappa shape index (κ2) is 8.32. The summed E-state index contributed by atoms with van der Waals surface area (Å²) in [7, 11) is 0. The molecule has 1 fully saturated rings. The SMILES string of the molecule is Cc1c(C(=O)Nc2c(C(=O)N3CCOCC3)oc3ccccc23)cnn1-c1ccccc1. The predicted molar refractivity (Wildman–Crippen MR) is 119 cm³/mol. The van der Waals surface area contributed by atoms with Crippen LogP contribution in [-0.2, 0) is 4.74 Å². The molecule has 3 heterocycles. The first kappa shape index (κ1) is 20.0. The van der Waals surface area contributed by atoms with E-state index in [9.17, 15) is 9.59 Å². The minimum absolute atomic E-state index is 0.120. The number of anilines is 1. The Kier molecular flexibility index (Phi) is 5.20. The van der Waals surface area contributed by atoms with E-state index in [1.807, 2.05) is 55.5 Å². The molecule has 8 heteroatoms. The van der Waals surface area contributed by atoms with Gasteiger partial charge in [-0.25, -0.2) is 4.68 Å². The van der Waals surface area contributed by atoms with Crippen molar-refractivity contribution in [1.82, 2.24) is 14.7 Å². The molecule has 0 bridgehead atoms. The highest BCUT2D eigenvalue weighted by atomic mass is 16.5. The van der Waals surface area contributed by atoms with E-state index < -0.39 is 0 Å². The summed E-state index contributed by atoms with van der Waals surface area (Å²) in [4.78, 5) is 28.1. The zero-order valence-electron chi connectivity index (χ0n) is 17.6. The number of nitrogens with zero attached hydrogens (tertiary/aromatic N) is 3. The highest BCUT2D eigenvalue weighted by Gasteiger charge is 2.28. The molecule has 2 aromatic heterocycles. The van der Waals surface area contributed by atoms with Crippen molar-refractivity contribution in [2.75, 3.05) is 31.6 Å². The fourth-order valence-electron chi connectivity index (χ4n) is 3.87. The van der Waals surface area contributed by atoms with Crippen LogP contribution < -0.4 is 5.32 Å². The van der Waals surface area contributed by atoms with Crippen LogP contribution >= 0.6 is 0 Å². The van der Waals surface area contributed by atoms with Crippen LogP contribution in [0.15, 0.2) is 65.2 Å². The molecule has 0 aliphatic carbocycles. The second-order valence-corrected chi connectivity index (χ2v) is 7.55. The third-order valence-corrected chi connectivity index (χ3v) is 5.58. The summed E-state index contributed by atoms with van der Waals surface area (Å²) >= 11 is 0. The molecule has 2 aromatic carbocycles. The molecular formula is C24H22N4O4. The Morgan fingerprint density at radius 3 is 2.50 bits per heavy atom. The summed E-state index contributed by atoms with van der Waals surface area (Å²) < 4.78 is 12.9. The van der Waals surface area contributed by atoms with Gasteiger partial charge in [-0.3, -0.25) is 9.59 Å². The third-order valence-electron chi connectivity index (χ3n) is 5.58. The monoisotopic (exact) mass is 430 g/mol. The number of hydrogen-bond donors (Lipinski definition) is 1. The largest absolute Gasteiger partial charge is 0.449 e. The number of nitrogens with one attached hydrogen (secondary N) is 1. The van der Waals surface area contributed by atoms with Crippen molar-refractivity contribution in [3.63, 3.8) is 0 Å². The number of carbonyl (C=O) groups is 2. The van der Waals surface area contributed by atoms with E-state index in [0.717, 1.165) is 5.69 Å². The van der Waals surface area contributed by atoms with E-state index in [4.69, 9.17) is 9.15 Å². The van der Waals surface area contributed by atoms with Crippen LogP contribution in [0.3, 0.4) is 0 Å². The lowest BCUT2D eigenvalue weighted by atomic mass is 10.2. The molecule has 5 rings (SSSR count). The maximum Gasteiger partial charge on any atom is 0.291 e. The molecule has 0 radical (unpaired) electrons. The van der Waals surface area contributed by atoms with E-state index in [0.29, 0.717) is 54.2 Å². The Morgan fingerprint density at radius 2 is 1.72 bits per heavy atom. The van der Waals surface area contributed by atoms with Crippen molar-refractivity contribution < 1.29 is 18.7 Å². The number of hydrogen-bond acceptors (Lipinski definition) is 5. The smallest absolute Gasteiger partial charge is 0.291 e. The fraction of sp³-hybridized carbons (Fsp3) is 0.208. The van der Waals surface area contributed by atoms with Gasteiger partial charge in [0.1, 0.15) is 11.3 Å². The van der Waals surface area contributed by atoms with E-state index in [1.54, 1.807) is 15.6 Å². The van der Waals surface area contributed by atoms with Crippen LogP contribution in [0.25, 0.3) is 16.7 Å². The van der Waals surface area contributed by atoms with Gasteiger partial charge in [-0.15, -0.1) is 0 Å². The van der Waals surface area contributed by atoms with Gasteiger partial charge in [-0.1, -0.05) is 30.3 Å². The lowest BCUT2D eigenvalue weighted by molar-refractivity contribution is 0.0285. The van der Waals surface area contributed by atoms with Gasteiger partial charge in [0, 0.05) is 18.5 Å². The maximum atomic E-state index is 13.2. The zero-order chi connectivity index (χ0) is 22.1. The van der Waals surface area contributed by atoms with Gasteiger partial charge in [0.2, 0.25) is 5.76 Å². The molecule has 0 saturated carbocycles. The zero-order valence-corrected chi connectivity index (χ0v) is 17.6. The van der Waals surface area contributed by atoms with Crippen molar-refractivity contribution in [3.05, 3.63) is 77.8 Å². The van der Waals surface area contributed by atoms with Gasteiger partial charge >= 0.3 is 0 Å². The predicted octanol–water partition coefficient (Wildman–Crippen LogP) is 3.65. The molecule has 8 nitrogen and oxygen atoms in total. The Bertz CT molecular complexity index is 1290. The van der Waals surface area contributed by atoms with Crippen molar-refractivity contribution in [2.45, 2.75) is 6.92 Å². The van der Waals surface area contributed by atoms with Crippen LogP contribution in [0.5, 0.6) is 0 Å². The van der Waals surface area contributed by atoms with Crippen molar-refractivity contribution in [3.8, 4) is 5.69 Å². The molecule has 1 aliphatic heterocycles. The standard InChI is InChI=1S/C24H22N4O4/c1-16-19(15-25-28(16)17-7-3-2-4-8-17)23(29)26-21-18-9-5-6-10-20(18)32-22(21)24(30)27-11-13-31-14-12-27/h2-10,15H,11-14H2,1H3,(H,26,29). The molecule has 1 aliphatic rings. The molecule has 0 atom stereocenters. The second-order valence-electron chi connectivity index (χ2n) is 7.55. The normalized spacial score (nSPS) is 14.0. The lowest BCUT2D eigenvalue weighted by Crippen LogP contribution is -2.40. The molecule has 2 amide bonds. The molecule has 1 saturated heterocycles. The molecule has 0 unspecified atom stereocenters. The van der Waals surface area contributed by atoms with Crippen LogP contribution in [-0.4, -0.2) is 52.8 Å². The van der Waals surface area contributed by atoms with E-state index >= 15 is 0 Å². The van der Waals surface area contributed by atoms with Crippen LogP contribution in [0.1, 0.15) is 26.6 Å². The first-order valence-corrected chi connectivity index (χ1v) is 10.4. The lowest BCUT2D eigenvalue weighted by Gasteiger charge is -2.26. The van der Waals surface area contributed by atoms with Crippen molar-refractivity contribution in [2.24, 2.45) is 0 Å². The highest BCUT2D eigenvalue weighted by molar-refractivity contribution is 6.14. The minimum atomic E-state index is -0.354. The van der Waals surface area contributed by atoms with Crippen molar-refractivity contribution in [1.29, 1.82) is 0 Å². The maximum absolute atomic E-state index is 13.2. The van der Waals surface area contributed by atoms with Gasteiger partial charge in [-0.05, 0) is 31.2 Å². The van der Waals surface area contributed by atoms with Crippen LogP contribution in [0.2, 0.25) is 0 Å². The van der Waals surface area contributed by atoms with E-state index in [1.165, 1.54) is 6.20 Å². The van der Waals surface area contributed by atoms with Gasteiger partial charge in [0.25, 0.3) is 11.8 Å². The number of amides is 2. The number of carbonyl (C=O) groups excluding carboxylic acids is 2. The Morgan fingerprint density at radius 1 is 1.00 bits per heavy atom. The number of rotatable bonds is 4. The molecule has 32 heavy (non-hydrogen) atoms. The molecule has 162 valence electrons. The molecule has 0 spiro atoms. The Labute approximate surface area is 184 Å². The highest BCUT2D eigenvalue weighted by Crippen LogP contribution is 2.32. The molecule has 4 aromatic rings. The van der Waals surface area contributed by atoms with Crippen molar-refractivity contribution >= 4 is 28.5 Å². The summed E-state index contributed by atoms with van der Waals surface area (Å²) in [6.07, 6.45) is 1.53. The van der Waals surface area contributed by atoms with Gasteiger partial charge in [0.15, 0.2) is 0 Å². The van der Waals surface area contributed by atoms with Gasteiger partial charge in [0.05, 0.1) is 36.4 Å². The summed E-state index contributed by atoms with van der Waals surface area (Å²) in [5, 5.41) is 7.96. The quantitative estimate of drug-likeness (QED) is 0.534. The fourth-order valence-corrected chi connectivity index (χ4v) is 3.87. The average Bonchev–Trinajstić information content (AvgIpc) is 3.40. The number of furan rings is 1. The van der Waals surface area contributed by atoms with Crippen LogP contribution in [0.4, 0.5) is 5.69 Å². The number of aromatic nitrogens is 2. The Hall–Kier alpha value is -3.91. The summed E-state index contributed by atoms with van der Waals surface area (Å²) in [5.74, 6) is -0.502. The minimum Gasteiger partial charge on any atom is -0.449 e. The average molecular weight is 430 g/mol. The summed E-state index contributed by atoms with van der Waals surface area (Å²) in [6.45, 7) is 3.75. The number of morpholine rings is 1. The molecular weight excluding hydrogens is 408 g/mol. The van der Waals surface area contributed by atoms with E-state index in [2.05, 4.69) is 10.4 Å².